The molecule has 0 saturated heterocycles. The summed E-state index contributed by atoms with van der Waals surface area (Å²) < 4.78 is 0. The fourth-order valence-electron chi connectivity index (χ4n) is 1.65. The number of carbonyl (C=O) groups is 1. The van der Waals surface area contributed by atoms with Gasteiger partial charge in [-0.3, -0.25) is 0 Å². The second-order valence-electron chi connectivity index (χ2n) is 4.07. The number of hydrogen-bond acceptors (Lipinski definition) is 1. The third kappa shape index (κ3) is 3.33. The molecule has 0 bridgehead atoms. The van der Waals surface area contributed by atoms with Crippen LogP contribution < -0.4 is 0 Å². The van der Waals surface area contributed by atoms with Gasteiger partial charge in [-0.25, -0.2) is 0 Å². The minimum atomic E-state index is 0.634. The van der Waals surface area contributed by atoms with Gasteiger partial charge in [0, 0.05) is 6.42 Å². The van der Waals surface area contributed by atoms with Crippen LogP contribution in [0.3, 0.4) is 0 Å². The monoisotopic (exact) mass is 190 g/mol. The molecule has 1 nitrogen and oxygen atoms in total. The highest BCUT2D eigenvalue weighted by molar-refractivity contribution is 5.50. The molecule has 1 aromatic rings. The van der Waals surface area contributed by atoms with Crippen LogP contribution in [-0.2, 0) is 17.6 Å². The number of hydrogen-bond donors (Lipinski definition) is 0. The molecule has 76 valence electrons. The smallest absolute Gasteiger partial charge is 0.120 e. The van der Waals surface area contributed by atoms with E-state index >= 15 is 0 Å². The second kappa shape index (κ2) is 5.58. The van der Waals surface area contributed by atoms with E-state index in [0.29, 0.717) is 12.3 Å². The third-order valence-electron chi connectivity index (χ3n) is 2.28. The predicted molar refractivity (Wildman–Crippen MR) is 59.4 cm³/mol. The Hall–Kier alpha value is -1.11. The Balaban J connectivity index is 2.74. The first kappa shape index (κ1) is 11.0. The molecule has 0 spiro atoms. The normalized spacial score (nSPS) is 10.5. The average Bonchev–Trinajstić information content (AvgIpc) is 2.16. The lowest BCUT2D eigenvalue weighted by atomic mass is 9.96. The van der Waals surface area contributed by atoms with Gasteiger partial charge in [0.15, 0.2) is 0 Å². The van der Waals surface area contributed by atoms with Crippen molar-refractivity contribution in [1.29, 1.82) is 0 Å². The summed E-state index contributed by atoms with van der Waals surface area (Å²) in [6, 6.07) is 8.41. The van der Waals surface area contributed by atoms with Crippen LogP contribution in [0.4, 0.5) is 0 Å². The maximum atomic E-state index is 10.3. The molecule has 1 heteroatoms. The van der Waals surface area contributed by atoms with Crippen LogP contribution in [0, 0.1) is 5.92 Å². The SMILES string of the molecule is CC(C)Cc1ccccc1CCC=O. The average molecular weight is 190 g/mol. The Morgan fingerprint density at radius 1 is 1.21 bits per heavy atom. The highest BCUT2D eigenvalue weighted by Gasteiger charge is 2.03. The molecule has 0 saturated carbocycles. The van der Waals surface area contributed by atoms with Crippen molar-refractivity contribution < 1.29 is 4.79 Å². The number of benzene rings is 1. The lowest BCUT2D eigenvalue weighted by Gasteiger charge is -2.10. The van der Waals surface area contributed by atoms with Gasteiger partial charge in [0.2, 0.25) is 0 Å². The Morgan fingerprint density at radius 3 is 2.43 bits per heavy atom. The van der Waals surface area contributed by atoms with E-state index in [-0.39, 0.29) is 0 Å². The quantitative estimate of drug-likeness (QED) is 0.652. The zero-order valence-electron chi connectivity index (χ0n) is 8.99. The van der Waals surface area contributed by atoms with Gasteiger partial charge in [0.25, 0.3) is 0 Å². The molecule has 0 amide bonds. The van der Waals surface area contributed by atoms with Gasteiger partial charge in [0.1, 0.15) is 6.29 Å². The van der Waals surface area contributed by atoms with Crippen LogP contribution in [0.25, 0.3) is 0 Å². The zero-order chi connectivity index (χ0) is 10.4. The van der Waals surface area contributed by atoms with E-state index in [4.69, 9.17) is 0 Å². The third-order valence-corrected chi connectivity index (χ3v) is 2.28. The van der Waals surface area contributed by atoms with Crippen molar-refractivity contribution in [3.63, 3.8) is 0 Å². The standard InChI is InChI=1S/C13H18O/c1-11(2)10-13-7-4-3-6-12(13)8-5-9-14/h3-4,6-7,9,11H,5,8,10H2,1-2H3. The fraction of sp³-hybridized carbons (Fsp3) is 0.462. The molecular formula is C13H18O. The molecule has 1 rings (SSSR count). The maximum absolute atomic E-state index is 10.3. The molecule has 0 aromatic heterocycles. The van der Waals surface area contributed by atoms with Gasteiger partial charge in [-0.05, 0) is 29.9 Å². The minimum Gasteiger partial charge on any atom is -0.303 e. The summed E-state index contributed by atoms with van der Waals surface area (Å²) in [6.07, 6.45) is 3.61. The highest BCUT2D eigenvalue weighted by atomic mass is 16.1. The van der Waals surface area contributed by atoms with Gasteiger partial charge in [-0.2, -0.15) is 0 Å². The van der Waals surface area contributed by atoms with Gasteiger partial charge in [-0.15, -0.1) is 0 Å². The number of aryl methyl sites for hydroxylation is 1. The maximum Gasteiger partial charge on any atom is 0.120 e. The van der Waals surface area contributed by atoms with Crippen molar-refractivity contribution in [3.8, 4) is 0 Å². The summed E-state index contributed by atoms with van der Waals surface area (Å²) in [7, 11) is 0. The number of carbonyl (C=O) groups excluding carboxylic acids is 1. The molecule has 0 aliphatic rings. The van der Waals surface area contributed by atoms with Crippen LogP contribution in [0.2, 0.25) is 0 Å². The molecule has 0 radical (unpaired) electrons. The second-order valence-corrected chi connectivity index (χ2v) is 4.07. The Kier molecular flexibility index (Phi) is 4.37. The molecule has 0 unspecified atom stereocenters. The first-order valence-corrected chi connectivity index (χ1v) is 5.24. The molecule has 0 aliphatic heterocycles. The summed E-state index contributed by atoms with van der Waals surface area (Å²) in [4.78, 5) is 10.3. The van der Waals surface area contributed by atoms with Crippen LogP contribution in [0.1, 0.15) is 31.4 Å². The van der Waals surface area contributed by atoms with Crippen molar-refractivity contribution in [2.75, 3.05) is 0 Å². The molecule has 0 N–H and O–H groups in total. The van der Waals surface area contributed by atoms with Gasteiger partial charge in [0.05, 0.1) is 0 Å². The molecule has 14 heavy (non-hydrogen) atoms. The van der Waals surface area contributed by atoms with Gasteiger partial charge in [-0.1, -0.05) is 38.1 Å². The molecule has 1 aromatic carbocycles. The van der Waals surface area contributed by atoms with E-state index in [1.807, 2.05) is 6.07 Å². The van der Waals surface area contributed by atoms with E-state index < -0.39 is 0 Å². The van der Waals surface area contributed by atoms with Crippen LogP contribution >= 0.6 is 0 Å². The molecule has 0 aliphatic carbocycles. The van der Waals surface area contributed by atoms with Crippen LogP contribution in [-0.4, -0.2) is 6.29 Å². The predicted octanol–water partition coefficient (Wildman–Crippen LogP) is 3.02. The number of aldehydes is 1. The van der Waals surface area contributed by atoms with E-state index in [1.54, 1.807) is 0 Å². The van der Waals surface area contributed by atoms with Gasteiger partial charge < -0.3 is 4.79 Å². The first-order chi connectivity index (χ1) is 6.74. The van der Waals surface area contributed by atoms with E-state index in [9.17, 15) is 4.79 Å². The van der Waals surface area contributed by atoms with Crippen molar-refractivity contribution in [2.45, 2.75) is 33.1 Å². The Bertz CT molecular complexity index is 289. The topological polar surface area (TPSA) is 17.1 Å². The Labute approximate surface area is 86.1 Å². The van der Waals surface area contributed by atoms with E-state index in [1.165, 1.54) is 11.1 Å². The summed E-state index contributed by atoms with van der Waals surface area (Å²) in [6.45, 7) is 4.44. The highest BCUT2D eigenvalue weighted by Crippen LogP contribution is 2.14. The first-order valence-electron chi connectivity index (χ1n) is 5.24. The fourth-order valence-corrected chi connectivity index (χ4v) is 1.65. The number of rotatable bonds is 5. The van der Waals surface area contributed by atoms with Crippen LogP contribution in [0.15, 0.2) is 24.3 Å². The molecule has 0 heterocycles. The molecule has 0 fully saturated rings. The van der Waals surface area contributed by atoms with Crippen molar-refractivity contribution in [1.82, 2.24) is 0 Å². The summed E-state index contributed by atoms with van der Waals surface area (Å²) in [5.74, 6) is 0.674. The lowest BCUT2D eigenvalue weighted by molar-refractivity contribution is -0.107. The molecule has 0 atom stereocenters. The van der Waals surface area contributed by atoms with Crippen LogP contribution in [0.5, 0.6) is 0 Å². The van der Waals surface area contributed by atoms with E-state index in [0.717, 1.165) is 19.1 Å². The largest absolute Gasteiger partial charge is 0.303 e. The zero-order valence-corrected chi connectivity index (χ0v) is 8.99. The summed E-state index contributed by atoms with van der Waals surface area (Å²) in [5, 5.41) is 0. The van der Waals surface area contributed by atoms with Crippen molar-refractivity contribution in [3.05, 3.63) is 35.4 Å². The van der Waals surface area contributed by atoms with Crippen molar-refractivity contribution in [2.24, 2.45) is 5.92 Å². The summed E-state index contributed by atoms with van der Waals surface area (Å²) >= 11 is 0. The van der Waals surface area contributed by atoms with Crippen molar-refractivity contribution >= 4 is 6.29 Å². The summed E-state index contributed by atoms with van der Waals surface area (Å²) in [5.41, 5.74) is 2.72. The Morgan fingerprint density at radius 2 is 1.86 bits per heavy atom. The lowest BCUT2D eigenvalue weighted by Crippen LogP contribution is -1.99. The minimum absolute atomic E-state index is 0.634. The molecular weight excluding hydrogens is 172 g/mol. The van der Waals surface area contributed by atoms with Gasteiger partial charge >= 0.3 is 0 Å². The van der Waals surface area contributed by atoms with E-state index in [2.05, 4.69) is 32.0 Å².